The summed E-state index contributed by atoms with van der Waals surface area (Å²) in [6.07, 6.45) is 1.63. The maximum Gasteiger partial charge on any atom is 0.433 e. The Bertz CT molecular complexity index is 907. The number of nitrogens with zero attached hydrogens (tertiary/aromatic N) is 4. The topological polar surface area (TPSA) is 119 Å². The third-order valence-electron chi connectivity index (χ3n) is 3.02. The van der Waals surface area contributed by atoms with Crippen molar-refractivity contribution in [2.45, 2.75) is 6.42 Å². The molecule has 9 heteroatoms. The Morgan fingerprint density at radius 1 is 1.30 bits per heavy atom. The second-order valence-corrected chi connectivity index (χ2v) is 4.60. The van der Waals surface area contributed by atoms with Gasteiger partial charge in [-0.3, -0.25) is 10.1 Å². The quantitative estimate of drug-likeness (QED) is 0.435. The van der Waals surface area contributed by atoms with Crippen LogP contribution in [0.15, 0.2) is 56.8 Å². The van der Waals surface area contributed by atoms with Gasteiger partial charge in [-0.1, -0.05) is 30.3 Å². The Labute approximate surface area is 129 Å². The predicted octanol–water partition coefficient (Wildman–Crippen LogP) is 1.55. The molecule has 0 amide bonds. The summed E-state index contributed by atoms with van der Waals surface area (Å²) in [5.41, 5.74) is 0.463. The van der Waals surface area contributed by atoms with Crippen LogP contribution in [0.4, 0.5) is 5.88 Å². The average molecular weight is 313 g/mol. The van der Waals surface area contributed by atoms with Crippen LogP contribution >= 0.6 is 0 Å². The molecule has 0 bridgehead atoms. The van der Waals surface area contributed by atoms with Crippen LogP contribution in [-0.2, 0) is 6.42 Å². The van der Waals surface area contributed by atoms with E-state index in [1.165, 1.54) is 18.3 Å². The second kappa shape index (κ2) is 6.10. The van der Waals surface area contributed by atoms with Crippen molar-refractivity contribution in [3.63, 3.8) is 0 Å². The summed E-state index contributed by atoms with van der Waals surface area (Å²) in [5.74, 6) is 0.185. The van der Waals surface area contributed by atoms with E-state index < -0.39 is 16.5 Å². The molecule has 0 aliphatic rings. The van der Waals surface area contributed by atoms with Crippen molar-refractivity contribution in [1.82, 2.24) is 14.9 Å². The SMILES string of the molecule is O=c1[nH]nc(Cc2ccccc2)n1/N=C/c1ccc([N+](=O)[O-])o1. The maximum absolute atomic E-state index is 11.8. The molecule has 3 rings (SSSR count). The zero-order valence-electron chi connectivity index (χ0n) is 11.7. The van der Waals surface area contributed by atoms with Gasteiger partial charge in [-0.15, -0.1) is 0 Å². The maximum atomic E-state index is 11.8. The van der Waals surface area contributed by atoms with Crippen LogP contribution < -0.4 is 5.69 Å². The Morgan fingerprint density at radius 3 is 2.78 bits per heavy atom. The zero-order chi connectivity index (χ0) is 16.2. The molecule has 0 saturated carbocycles. The second-order valence-electron chi connectivity index (χ2n) is 4.60. The van der Waals surface area contributed by atoms with Crippen molar-refractivity contribution in [3.05, 3.63) is 80.2 Å². The first-order valence-corrected chi connectivity index (χ1v) is 6.62. The molecule has 1 N–H and O–H groups in total. The lowest BCUT2D eigenvalue weighted by atomic mass is 10.1. The van der Waals surface area contributed by atoms with Crippen molar-refractivity contribution in [2.24, 2.45) is 5.10 Å². The van der Waals surface area contributed by atoms with Crippen molar-refractivity contribution in [3.8, 4) is 0 Å². The molecule has 0 atom stereocenters. The Kier molecular flexibility index (Phi) is 3.83. The zero-order valence-corrected chi connectivity index (χ0v) is 11.7. The van der Waals surface area contributed by atoms with E-state index in [9.17, 15) is 14.9 Å². The summed E-state index contributed by atoms with van der Waals surface area (Å²) < 4.78 is 6.03. The Balaban J connectivity index is 1.85. The lowest BCUT2D eigenvalue weighted by Crippen LogP contribution is -2.15. The van der Waals surface area contributed by atoms with Gasteiger partial charge in [0.25, 0.3) is 0 Å². The highest BCUT2D eigenvalue weighted by molar-refractivity contribution is 5.76. The fraction of sp³-hybridized carbons (Fsp3) is 0.0714. The number of nitro groups is 1. The molecular formula is C14H11N5O4. The van der Waals surface area contributed by atoms with Crippen molar-refractivity contribution < 1.29 is 9.34 Å². The molecule has 116 valence electrons. The molecule has 23 heavy (non-hydrogen) atoms. The molecule has 0 fully saturated rings. The van der Waals surface area contributed by atoms with E-state index in [0.29, 0.717) is 12.2 Å². The predicted molar refractivity (Wildman–Crippen MR) is 80.5 cm³/mol. The van der Waals surface area contributed by atoms with Crippen molar-refractivity contribution >= 4 is 12.1 Å². The summed E-state index contributed by atoms with van der Waals surface area (Å²) in [6.45, 7) is 0. The van der Waals surface area contributed by atoms with Crippen molar-refractivity contribution in [1.29, 1.82) is 0 Å². The van der Waals surface area contributed by atoms with Gasteiger partial charge < -0.3 is 4.42 Å². The van der Waals surface area contributed by atoms with E-state index in [1.807, 2.05) is 30.3 Å². The molecule has 0 aliphatic carbocycles. The van der Waals surface area contributed by atoms with E-state index in [-0.39, 0.29) is 5.76 Å². The summed E-state index contributed by atoms with van der Waals surface area (Å²) in [4.78, 5) is 21.7. The molecule has 0 aliphatic heterocycles. The Hall–Kier alpha value is -3.49. The monoisotopic (exact) mass is 313 g/mol. The number of nitrogens with one attached hydrogen (secondary N) is 1. The van der Waals surface area contributed by atoms with Gasteiger partial charge >= 0.3 is 11.6 Å². The third-order valence-corrected chi connectivity index (χ3v) is 3.02. The van der Waals surface area contributed by atoms with Gasteiger partial charge in [0.05, 0.1) is 12.3 Å². The molecule has 2 heterocycles. The number of aromatic nitrogens is 3. The smallest absolute Gasteiger partial charge is 0.400 e. The molecule has 2 aromatic heterocycles. The van der Waals surface area contributed by atoms with E-state index in [4.69, 9.17) is 4.42 Å². The molecule has 0 spiro atoms. The minimum Gasteiger partial charge on any atom is -0.400 e. The summed E-state index contributed by atoms with van der Waals surface area (Å²) in [6, 6.07) is 12.1. The number of aromatic amines is 1. The average Bonchev–Trinajstić information content (AvgIpc) is 3.14. The number of furan rings is 1. The Morgan fingerprint density at radius 2 is 2.09 bits per heavy atom. The molecular weight excluding hydrogens is 302 g/mol. The molecule has 0 unspecified atom stereocenters. The first-order chi connectivity index (χ1) is 11.1. The van der Waals surface area contributed by atoms with Crippen LogP contribution in [0.25, 0.3) is 0 Å². The van der Waals surface area contributed by atoms with E-state index >= 15 is 0 Å². The van der Waals surface area contributed by atoms with Crippen molar-refractivity contribution in [2.75, 3.05) is 0 Å². The highest BCUT2D eigenvalue weighted by Crippen LogP contribution is 2.14. The van der Waals surface area contributed by atoms with Crippen LogP contribution in [0.5, 0.6) is 0 Å². The van der Waals surface area contributed by atoms with Gasteiger partial charge in [0.15, 0.2) is 11.6 Å². The number of rotatable bonds is 5. The van der Waals surface area contributed by atoms with Crippen LogP contribution in [-0.4, -0.2) is 26.0 Å². The lowest BCUT2D eigenvalue weighted by Gasteiger charge is -1.99. The minimum atomic E-state index is -0.651. The summed E-state index contributed by atoms with van der Waals surface area (Å²) in [7, 11) is 0. The number of H-pyrrole nitrogens is 1. The van der Waals surface area contributed by atoms with E-state index in [0.717, 1.165) is 10.2 Å². The standard InChI is InChI=1S/C14H11N5O4/c20-14-17-16-12(8-10-4-2-1-3-5-10)18(14)15-9-11-6-7-13(23-11)19(21)22/h1-7,9H,8H2,(H,17,20)/b15-9+. The largest absolute Gasteiger partial charge is 0.433 e. The van der Waals surface area contributed by atoms with Gasteiger partial charge in [-0.05, 0) is 11.6 Å². The van der Waals surface area contributed by atoms with Gasteiger partial charge in [-0.25, -0.2) is 9.89 Å². The molecule has 9 nitrogen and oxygen atoms in total. The normalized spacial score (nSPS) is 11.1. The highest BCUT2D eigenvalue weighted by Gasteiger charge is 2.11. The highest BCUT2D eigenvalue weighted by atomic mass is 16.6. The first-order valence-electron chi connectivity index (χ1n) is 6.62. The van der Waals surface area contributed by atoms with Crippen LogP contribution in [0, 0.1) is 10.1 Å². The molecule has 0 radical (unpaired) electrons. The fourth-order valence-electron chi connectivity index (χ4n) is 1.96. The van der Waals surface area contributed by atoms with Gasteiger partial charge in [0.1, 0.15) is 4.92 Å². The van der Waals surface area contributed by atoms with Gasteiger partial charge in [0, 0.05) is 6.42 Å². The number of hydrogen-bond donors (Lipinski definition) is 1. The van der Waals surface area contributed by atoms with Crippen LogP contribution in [0.2, 0.25) is 0 Å². The fourth-order valence-corrected chi connectivity index (χ4v) is 1.96. The number of hydrogen-bond acceptors (Lipinski definition) is 6. The van der Waals surface area contributed by atoms with Crippen LogP contribution in [0.1, 0.15) is 17.1 Å². The van der Waals surface area contributed by atoms with Gasteiger partial charge in [0.2, 0.25) is 0 Å². The van der Waals surface area contributed by atoms with Gasteiger partial charge in [-0.2, -0.15) is 14.9 Å². The first kappa shape index (κ1) is 14.4. The third kappa shape index (κ3) is 3.23. The van der Waals surface area contributed by atoms with E-state index in [2.05, 4.69) is 15.3 Å². The summed E-state index contributed by atoms with van der Waals surface area (Å²) >= 11 is 0. The van der Waals surface area contributed by atoms with E-state index in [1.54, 1.807) is 0 Å². The number of benzene rings is 1. The molecule has 1 aromatic carbocycles. The lowest BCUT2D eigenvalue weighted by molar-refractivity contribution is -0.402. The minimum absolute atomic E-state index is 0.162. The summed E-state index contributed by atoms with van der Waals surface area (Å²) in [5, 5.41) is 20.8. The molecule has 0 saturated heterocycles. The molecule has 3 aromatic rings. The van der Waals surface area contributed by atoms with Crippen LogP contribution in [0.3, 0.4) is 0 Å².